The highest BCUT2D eigenvalue weighted by Gasteiger charge is 2.25. The summed E-state index contributed by atoms with van der Waals surface area (Å²) in [5.74, 6) is 2.69. The number of amides is 1. The molecule has 0 bridgehead atoms. The van der Waals surface area contributed by atoms with E-state index in [-0.39, 0.29) is 11.8 Å². The fourth-order valence-corrected chi connectivity index (χ4v) is 4.38. The first-order valence-corrected chi connectivity index (χ1v) is 9.92. The molecule has 1 aromatic heterocycles. The maximum Gasteiger partial charge on any atom is 0.226 e. The van der Waals surface area contributed by atoms with Gasteiger partial charge in [0.05, 0.1) is 5.92 Å². The molecule has 122 valence electrons. The Hall–Kier alpha value is -1.17. The molecule has 0 saturated heterocycles. The van der Waals surface area contributed by atoms with E-state index in [9.17, 15) is 4.79 Å². The van der Waals surface area contributed by atoms with E-state index in [0.29, 0.717) is 24.6 Å². The number of carbonyl (C=O) groups excluding carboxylic acids is 1. The van der Waals surface area contributed by atoms with Gasteiger partial charge in [0.15, 0.2) is 0 Å². The van der Waals surface area contributed by atoms with Gasteiger partial charge in [0.1, 0.15) is 12.4 Å². The number of fused-ring (bicyclic) bond motifs is 1. The lowest BCUT2D eigenvalue weighted by molar-refractivity contribution is -0.126. The van der Waals surface area contributed by atoms with Gasteiger partial charge in [0.2, 0.25) is 5.91 Å². The normalized spacial score (nSPS) is 16.5. The number of thioether (sulfide) groups is 1. The lowest BCUT2D eigenvalue weighted by Crippen LogP contribution is -2.38. The standard InChI is InChI=1S/C17H18ClNO2S2/c18-14-3-4-16-12(9-14)8-13(10-21-16)17(20)19-5-7-22-11-15-2-1-6-23-15/h1-4,6,9,13H,5,7-8,10-11H2,(H,19,20)/t13-/m1/s1. The maximum atomic E-state index is 12.3. The molecule has 0 aliphatic carbocycles. The lowest BCUT2D eigenvalue weighted by atomic mass is 9.96. The minimum absolute atomic E-state index is 0.0624. The SMILES string of the molecule is O=C(NCCSCc1cccs1)[C@H]1COc2ccc(Cl)cc2C1. The summed E-state index contributed by atoms with van der Waals surface area (Å²) < 4.78 is 5.67. The summed E-state index contributed by atoms with van der Waals surface area (Å²) in [4.78, 5) is 13.6. The topological polar surface area (TPSA) is 38.3 Å². The van der Waals surface area contributed by atoms with Gasteiger partial charge in [-0.3, -0.25) is 4.79 Å². The molecular formula is C17H18ClNO2S2. The molecule has 0 saturated carbocycles. The van der Waals surface area contributed by atoms with Crippen molar-refractivity contribution in [2.45, 2.75) is 12.2 Å². The molecule has 2 heterocycles. The van der Waals surface area contributed by atoms with Crippen molar-refractivity contribution in [3.05, 3.63) is 51.2 Å². The van der Waals surface area contributed by atoms with Crippen LogP contribution >= 0.6 is 34.7 Å². The van der Waals surface area contributed by atoms with Crippen LogP contribution in [0.4, 0.5) is 0 Å². The van der Waals surface area contributed by atoms with E-state index in [1.807, 2.05) is 30.0 Å². The molecule has 1 aliphatic heterocycles. The van der Waals surface area contributed by atoms with E-state index in [1.165, 1.54) is 4.88 Å². The number of ether oxygens (including phenoxy) is 1. The molecule has 0 unspecified atom stereocenters. The van der Waals surface area contributed by atoms with Crippen molar-refractivity contribution >= 4 is 40.6 Å². The first-order valence-electron chi connectivity index (χ1n) is 7.51. The quantitative estimate of drug-likeness (QED) is 0.784. The molecule has 3 rings (SSSR count). The molecule has 1 N–H and O–H groups in total. The van der Waals surface area contributed by atoms with Gasteiger partial charge in [-0.2, -0.15) is 11.8 Å². The van der Waals surface area contributed by atoms with Crippen LogP contribution in [0.2, 0.25) is 5.02 Å². The summed E-state index contributed by atoms with van der Waals surface area (Å²) in [7, 11) is 0. The number of halogens is 1. The van der Waals surface area contributed by atoms with E-state index < -0.39 is 0 Å². The number of benzene rings is 1. The van der Waals surface area contributed by atoms with Gasteiger partial charge in [0, 0.05) is 28.0 Å². The second-order valence-corrected chi connectivity index (χ2v) is 7.96. The van der Waals surface area contributed by atoms with Crippen LogP contribution in [0.25, 0.3) is 0 Å². The Morgan fingerprint density at radius 1 is 1.43 bits per heavy atom. The molecule has 0 fully saturated rings. The van der Waals surface area contributed by atoms with Gasteiger partial charge >= 0.3 is 0 Å². The minimum atomic E-state index is -0.136. The van der Waals surface area contributed by atoms with Crippen LogP contribution in [0.15, 0.2) is 35.7 Å². The molecule has 1 amide bonds. The number of rotatable bonds is 6. The predicted molar refractivity (Wildman–Crippen MR) is 97.6 cm³/mol. The fraction of sp³-hybridized carbons (Fsp3) is 0.353. The zero-order valence-electron chi connectivity index (χ0n) is 12.6. The molecule has 0 radical (unpaired) electrons. The van der Waals surface area contributed by atoms with Crippen molar-refractivity contribution in [2.24, 2.45) is 5.92 Å². The zero-order valence-corrected chi connectivity index (χ0v) is 15.0. The third-order valence-electron chi connectivity index (χ3n) is 3.67. The van der Waals surface area contributed by atoms with Crippen LogP contribution in [0.3, 0.4) is 0 Å². The second-order valence-electron chi connectivity index (χ2n) is 5.39. The molecular weight excluding hydrogens is 350 g/mol. The lowest BCUT2D eigenvalue weighted by Gasteiger charge is -2.24. The third kappa shape index (κ3) is 4.66. The van der Waals surface area contributed by atoms with Crippen molar-refractivity contribution in [3.63, 3.8) is 0 Å². The summed E-state index contributed by atoms with van der Waals surface area (Å²) in [6.45, 7) is 1.12. The number of nitrogens with one attached hydrogen (secondary N) is 1. The Bertz CT molecular complexity index is 661. The molecule has 1 atom stereocenters. The molecule has 1 aromatic carbocycles. The molecule has 23 heavy (non-hydrogen) atoms. The van der Waals surface area contributed by atoms with Crippen LogP contribution in [0, 0.1) is 5.92 Å². The summed E-state index contributed by atoms with van der Waals surface area (Å²) in [6, 6.07) is 9.76. The van der Waals surface area contributed by atoms with Crippen molar-refractivity contribution in [1.82, 2.24) is 5.32 Å². The Labute approximate surface area is 149 Å². The fourth-order valence-electron chi connectivity index (χ4n) is 2.49. The predicted octanol–water partition coefficient (Wildman–Crippen LogP) is 4.00. The van der Waals surface area contributed by atoms with E-state index in [1.54, 1.807) is 11.3 Å². The van der Waals surface area contributed by atoms with E-state index in [0.717, 1.165) is 22.8 Å². The van der Waals surface area contributed by atoms with E-state index >= 15 is 0 Å². The highest BCUT2D eigenvalue weighted by molar-refractivity contribution is 7.98. The largest absolute Gasteiger partial charge is 0.492 e. The van der Waals surface area contributed by atoms with E-state index in [2.05, 4.69) is 22.8 Å². The molecule has 2 aromatic rings. The molecule has 3 nitrogen and oxygen atoms in total. The van der Waals surface area contributed by atoms with Crippen LogP contribution in [0.1, 0.15) is 10.4 Å². The van der Waals surface area contributed by atoms with Crippen molar-refractivity contribution in [2.75, 3.05) is 18.9 Å². The third-order valence-corrected chi connectivity index (χ3v) is 5.97. The molecule has 6 heteroatoms. The Morgan fingerprint density at radius 3 is 3.17 bits per heavy atom. The first-order chi connectivity index (χ1) is 11.2. The summed E-state index contributed by atoms with van der Waals surface area (Å²) in [5, 5.41) is 5.78. The average Bonchev–Trinajstić information content (AvgIpc) is 3.07. The number of thiophene rings is 1. The number of carbonyl (C=O) groups is 1. The van der Waals surface area contributed by atoms with Crippen LogP contribution in [0.5, 0.6) is 5.75 Å². The number of hydrogen-bond acceptors (Lipinski definition) is 4. The Balaban J connectivity index is 1.40. The average molecular weight is 368 g/mol. The van der Waals surface area contributed by atoms with Crippen molar-refractivity contribution in [1.29, 1.82) is 0 Å². The van der Waals surface area contributed by atoms with Crippen LogP contribution in [-0.4, -0.2) is 24.8 Å². The van der Waals surface area contributed by atoms with Gasteiger partial charge in [-0.15, -0.1) is 11.3 Å². The van der Waals surface area contributed by atoms with Crippen LogP contribution < -0.4 is 10.1 Å². The highest BCUT2D eigenvalue weighted by Crippen LogP contribution is 2.29. The summed E-state index contributed by atoms with van der Waals surface area (Å²) in [5.41, 5.74) is 1.01. The zero-order chi connectivity index (χ0) is 16.1. The Kier molecular flexibility index (Phi) is 5.86. The molecule has 1 aliphatic rings. The van der Waals surface area contributed by atoms with Gasteiger partial charge in [-0.25, -0.2) is 0 Å². The molecule has 0 spiro atoms. The minimum Gasteiger partial charge on any atom is -0.492 e. The van der Waals surface area contributed by atoms with Gasteiger partial charge < -0.3 is 10.1 Å². The maximum absolute atomic E-state index is 12.3. The highest BCUT2D eigenvalue weighted by atomic mass is 35.5. The van der Waals surface area contributed by atoms with Crippen LogP contribution in [-0.2, 0) is 17.0 Å². The van der Waals surface area contributed by atoms with Gasteiger partial charge in [-0.1, -0.05) is 17.7 Å². The van der Waals surface area contributed by atoms with Crippen molar-refractivity contribution < 1.29 is 9.53 Å². The number of hydrogen-bond donors (Lipinski definition) is 1. The smallest absolute Gasteiger partial charge is 0.226 e. The van der Waals surface area contributed by atoms with Gasteiger partial charge in [-0.05, 0) is 41.6 Å². The summed E-state index contributed by atoms with van der Waals surface area (Å²) >= 11 is 9.61. The summed E-state index contributed by atoms with van der Waals surface area (Å²) in [6.07, 6.45) is 0.685. The Morgan fingerprint density at radius 2 is 2.35 bits per heavy atom. The van der Waals surface area contributed by atoms with E-state index in [4.69, 9.17) is 16.3 Å². The first kappa shape index (κ1) is 16.7. The second kappa shape index (κ2) is 8.08. The monoisotopic (exact) mass is 367 g/mol. The van der Waals surface area contributed by atoms with Gasteiger partial charge in [0.25, 0.3) is 0 Å². The van der Waals surface area contributed by atoms with Crippen molar-refractivity contribution in [3.8, 4) is 5.75 Å².